The van der Waals surface area contributed by atoms with Crippen molar-refractivity contribution < 1.29 is 4.74 Å². The summed E-state index contributed by atoms with van der Waals surface area (Å²) in [6, 6.07) is 8.97. The van der Waals surface area contributed by atoms with Crippen LogP contribution in [0, 0.1) is 0 Å². The summed E-state index contributed by atoms with van der Waals surface area (Å²) in [4.78, 5) is 2.42. The molecule has 0 N–H and O–H groups in total. The number of hydrogen-bond acceptors (Lipinski definition) is 2. The van der Waals surface area contributed by atoms with E-state index in [1.165, 1.54) is 17.7 Å². The predicted octanol–water partition coefficient (Wildman–Crippen LogP) is 3.21. The third kappa shape index (κ3) is 2.81. The first kappa shape index (κ1) is 12.4. The molecule has 0 amide bonds. The largest absolute Gasteiger partial charge is 0.378 e. The fourth-order valence-corrected chi connectivity index (χ4v) is 2.15. The van der Waals surface area contributed by atoms with Crippen molar-refractivity contribution in [2.75, 3.05) is 31.2 Å². The van der Waals surface area contributed by atoms with Crippen LogP contribution in [0.3, 0.4) is 0 Å². The standard InChI is InChI=1S/C15H23NO/c1-4-15(2,3)13-6-5-7-14(12-13)16-8-10-17-11-9-16/h5-7,12H,4,8-11H2,1-3H3. The minimum atomic E-state index is 0.266. The molecule has 1 aliphatic heterocycles. The Kier molecular flexibility index (Phi) is 3.72. The number of benzene rings is 1. The average molecular weight is 233 g/mol. The number of anilines is 1. The Morgan fingerprint density at radius 1 is 1.24 bits per heavy atom. The van der Waals surface area contributed by atoms with E-state index in [1.54, 1.807) is 0 Å². The van der Waals surface area contributed by atoms with E-state index >= 15 is 0 Å². The maximum Gasteiger partial charge on any atom is 0.0642 e. The number of hydrogen-bond donors (Lipinski definition) is 0. The third-order valence-electron chi connectivity index (χ3n) is 3.89. The van der Waals surface area contributed by atoms with Crippen LogP contribution >= 0.6 is 0 Å². The van der Waals surface area contributed by atoms with Crippen LogP contribution in [-0.2, 0) is 10.2 Å². The topological polar surface area (TPSA) is 12.5 Å². The van der Waals surface area contributed by atoms with E-state index in [2.05, 4.69) is 49.9 Å². The summed E-state index contributed by atoms with van der Waals surface area (Å²) in [6.07, 6.45) is 1.17. The van der Waals surface area contributed by atoms with Gasteiger partial charge in [0, 0.05) is 18.8 Å². The lowest BCUT2D eigenvalue weighted by atomic mass is 9.82. The van der Waals surface area contributed by atoms with Crippen LogP contribution in [0.5, 0.6) is 0 Å². The van der Waals surface area contributed by atoms with Gasteiger partial charge in [0.1, 0.15) is 0 Å². The van der Waals surface area contributed by atoms with Gasteiger partial charge in [-0.05, 0) is 29.5 Å². The average Bonchev–Trinajstić information content (AvgIpc) is 2.40. The maximum absolute atomic E-state index is 5.40. The quantitative estimate of drug-likeness (QED) is 0.795. The molecule has 1 saturated heterocycles. The number of morpholine rings is 1. The van der Waals surface area contributed by atoms with Gasteiger partial charge in [-0.2, -0.15) is 0 Å². The van der Waals surface area contributed by atoms with Gasteiger partial charge in [-0.25, -0.2) is 0 Å². The van der Waals surface area contributed by atoms with Gasteiger partial charge < -0.3 is 9.64 Å². The number of rotatable bonds is 3. The van der Waals surface area contributed by atoms with Gasteiger partial charge in [-0.3, -0.25) is 0 Å². The first-order valence-corrected chi connectivity index (χ1v) is 6.57. The molecule has 2 heteroatoms. The van der Waals surface area contributed by atoms with E-state index in [1.807, 2.05) is 0 Å². The van der Waals surface area contributed by atoms with Crippen LogP contribution < -0.4 is 4.90 Å². The van der Waals surface area contributed by atoms with E-state index in [4.69, 9.17) is 4.74 Å². The smallest absolute Gasteiger partial charge is 0.0642 e. The van der Waals surface area contributed by atoms with Crippen molar-refractivity contribution >= 4 is 5.69 Å². The zero-order valence-corrected chi connectivity index (χ0v) is 11.2. The minimum absolute atomic E-state index is 0.266. The molecule has 1 aliphatic rings. The molecule has 17 heavy (non-hydrogen) atoms. The normalized spacial score (nSPS) is 17.2. The van der Waals surface area contributed by atoms with Crippen molar-refractivity contribution in [3.8, 4) is 0 Å². The third-order valence-corrected chi connectivity index (χ3v) is 3.89. The van der Waals surface area contributed by atoms with E-state index in [-0.39, 0.29) is 5.41 Å². The fraction of sp³-hybridized carbons (Fsp3) is 0.600. The molecule has 1 heterocycles. The molecule has 2 nitrogen and oxygen atoms in total. The van der Waals surface area contributed by atoms with E-state index in [0.29, 0.717) is 0 Å². The molecule has 2 rings (SSSR count). The molecule has 1 aromatic rings. The Balaban J connectivity index is 2.21. The Hall–Kier alpha value is -1.02. The van der Waals surface area contributed by atoms with Crippen LogP contribution in [0.15, 0.2) is 24.3 Å². The van der Waals surface area contributed by atoms with Crippen LogP contribution in [0.4, 0.5) is 5.69 Å². The highest BCUT2D eigenvalue weighted by Gasteiger charge is 2.19. The van der Waals surface area contributed by atoms with Gasteiger partial charge >= 0.3 is 0 Å². The molecule has 0 aliphatic carbocycles. The lowest BCUT2D eigenvalue weighted by molar-refractivity contribution is 0.122. The predicted molar refractivity (Wildman–Crippen MR) is 72.8 cm³/mol. The van der Waals surface area contributed by atoms with Crippen molar-refractivity contribution in [2.24, 2.45) is 0 Å². The molecule has 0 unspecified atom stereocenters. The van der Waals surface area contributed by atoms with Gasteiger partial charge in [0.25, 0.3) is 0 Å². The summed E-state index contributed by atoms with van der Waals surface area (Å²) < 4.78 is 5.40. The van der Waals surface area contributed by atoms with Crippen molar-refractivity contribution in [1.82, 2.24) is 0 Å². The maximum atomic E-state index is 5.40. The Morgan fingerprint density at radius 2 is 1.94 bits per heavy atom. The summed E-state index contributed by atoms with van der Waals surface area (Å²) in [5.41, 5.74) is 3.04. The number of ether oxygens (including phenoxy) is 1. The molecule has 1 aromatic carbocycles. The second kappa shape index (κ2) is 5.09. The Bertz CT molecular complexity index is 367. The molecule has 0 radical (unpaired) electrons. The molecule has 94 valence electrons. The second-order valence-electron chi connectivity index (χ2n) is 5.39. The van der Waals surface area contributed by atoms with Crippen molar-refractivity contribution in [3.63, 3.8) is 0 Å². The summed E-state index contributed by atoms with van der Waals surface area (Å²) in [5, 5.41) is 0. The highest BCUT2D eigenvalue weighted by molar-refractivity contribution is 5.50. The van der Waals surface area contributed by atoms with Gasteiger partial charge in [-0.15, -0.1) is 0 Å². The first-order chi connectivity index (χ1) is 8.13. The van der Waals surface area contributed by atoms with E-state index in [0.717, 1.165) is 26.3 Å². The highest BCUT2D eigenvalue weighted by Crippen LogP contribution is 2.29. The molecule has 0 saturated carbocycles. The van der Waals surface area contributed by atoms with Crippen LogP contribution in [0.1, 0.15) is 32.8 Å². The van der Waals surface area contributed by atoms with Gasteiger partial charge in [0.15, 0.2) is 0 Å². The summed E-state index contributed by atoms with van der Waals surface area (Å²) in [6.45, 7) is 10.6. The molecule has 0 aromatic heterocycles. The van der Waals surface area contributed by atoms with Crippen molar-refractivity contribution in [3.05, 3.63) is 29.8 Å². The van der Waals surface area contributed by atoms with Crippen LogP contribution in [0.2, 0.25) is 0 Å². The zero-order chi connectivity index (χ0) is 12.3. The van der Waals surface area contributed by atoms with E-state index < -0.39 is 0 Å². The number of nitrogens with zero attached hydrogens (tertiary/aromatic N) is 1. The highest BCUT2D eigenvalue weighted by atomic mass is 16.5. The molecule has 0 atom stereocenters. The minimum Gasteiger partial charge on any atom is -0.378 e. The van der Waals surface area contributed by atoms with Crippen molar-refractivity contribution in [2.45, 2.75) is 32.6 Å². The second-order valence-corrected chi connectivity index (χ2v) is 5.39. The SMILES string of the molecule is CCC(C)(C)c1cccc(N2CCOCC2)c1. The Labute approximate surface area is 105 Å². The zero-order valence-electron chi connectivity index (χ0n) is 11.2. The summed E-state index contributed by atoms with van der Waals surface area (Å²) in [5.74, 6) is 0. The van der Waals surface area contributed by atoms with E-state index in [9.17, 15) is 0 Å². The summed E-state index contributed by atoms with van der Waals surface area (Å²) in [7, 11) is 0. The summed E-state index contributed by atoms with van der Waals surface area (Å²) >= 11 is 0. The fourth-order valence-electron chi connectivity index (χ4n) is 2.15. The van der Waals surface area contributed by atoms with Crippen LogP contribution in [0.25, 0.3) is 0 Å². The monoisotopic (exact) mass is 233 g/mol. The molecule has 0 spiro atoms. The Morgan fingerprint density at radius 3 is 2.59 bits per heavy atom. The first-order valence-electron chi connectivity index (χ1n) is 6.57. The molecular weight excluding hydrogens is 210 g/mol. The molecule has 0 bridgehead atoms. The lowest BCUT2D eigenvalue weighted by Crippen LogP contribution is -2.36. The lowest BCUT2D eigenvalue weighted by Gasteiger charge is -2.31. The van der Waals surface area contributed by atoms with Gasteiger partial charge in [0.2, 0.25) is 0 Å². The van der Waals surface area contributed by atoms with Gasteiger partial charge in [0.05, 0.1) is 13.2 Å². The molecular formula is C15H23NO. The molecule has 1 fully saturated rings. The van der Waals surface area contributed by atoms with Crippen molar-refractivity contribution in [1.29, 1.82) is 0 Å². The van der Waals surface area contributed by atoms with Crippen LogP contribution in [-0.4, -0.2) is 26.3 Å². The van der Waals surface area contributed by atoms with Gasteiger partial charge in [-0.1, -0.05) is 32.9 Å².